The van der Waals surface area contributed by atoms with Crippen LogP contribution in [0.1, 0.15) is 43.9 Å². The molecule has 2 amide bonds. The van der Waals surface area contributed by atoms with E-state index in [9.17, 15) is 31.2 Å². The number of nitrogens with one attached hydrogen (secondary N) is 1. The van der Waals surface area contributed by atoms with Crippen molar-refractivity contribution in [2.45, 2.75) is 63.8 Å². The van der Waals surface area contributed by atoms with Crippen molar-refractivity contribution in [3.63, 3.8) is 0 Å². The summed E-state index contributed by atoms with van der Waals surface area (Å²) in [5, 5.41) is 2.52. The molecule has 0 aliphatic rings. The number of benzene rings is 3. The molecule has 0 spiro atoms. The SMILES string of the molecule is CC[C@H](C)NC(=O)[C@H](C)N(Cc1ccc(C)cc1)C(=O)CN(c1cc(C(F)(F)F)ccc1Cl)S(=O)(=O)c1ccccc1. The van der Waals surface area contributed by atoms with Gasteiger partial charge in [-0.2, -0.15) is 13.2 Å². The lowest BCUT2D eigenvalue weighted by atomic mass is 10.1. The topological polar surface area (TPSA) is 86.8 Å². The van der Waals surface area contributed by atoms with E-state index < -0.39 is 51.9 Å². The highest BCUT2D eigenvalue weighted by Gasteiger charge is 2.36. The molecule has 42 heavy (non-hydrogen) atoms. The van der Waals surface area contributed by atoms with Crippen LogP contribution in [0, 0.1) is 6.92 Å². The van der Waals surface area contributed by atoms with E-state index >= 15 is 0 Å². The summed E-state index contributed by atoms with van der Waals surface area (Å²) in [6, 6.07) is 15.3. The Morgan fingerprint density at radius 3 is 2.17 bits per heavy atom. The normalized spacial score (nSPS) is 13.2. The minimum absolute atomic E-state index is 0.0518. The maximum atomic E-state index is 13.9. The van der Waals surface area contributed by atoms with E-state index in [1.807, 2.05) is 26.0 Å². The van der Waals surface area contributed by atoms with E-state index in [-0.39, 0.29) is 22.5 Å². The van der Waals surface area contributed by atoms with E-state index in [0.29, 0.717) is 22.4 Å². The Labute approximate surface area is 249 Å². The van der Waals surface area contributed by atoms with Crippen LogP contribution in [0.2, 0.25) is 5.02 Å². The van der Waals surface area contributed by atoms with Gasteiger partial charge in [0.25, 0.3) is 10.0 Å². The fourth-order valence-corrected chi connectivity index (χ4v) is 5.77. The van der Waals surface area contributed by atoms with Crippen molar-refractivity contribution >= 4 is 39.1 Å². The number of alkyl halides is 3. The molecule has 226 valence electrons. The smallest absolute Gasteiger partial charge is 0.352 e. The van der Waals surface area contributed by atoms with E-state index in [2.05, 4.69) is 5.32 Å². The fraction of sp³-hybridized carbons (Fsp3) is 0.333. The molecule has 3 aromatic carbocycles. The number of sulfonamides is 1. The Hall–Kier alpha value is -3.57. The van der Waals surface area contributed by atoms with E-state index in [1.165, 1.54) is 36.1 Å². The minimum Gasteiger partial charge on any atom is -0.352 e. The highest BCUT2D eigenvalue weighted by atomic mass is 35.5. The van der Waals surface area contributed by atoms with Gasteiger partial charge in [-0.05, 0) is 63.1 Å². The first-order chi connectivity index (χ1) is 19.6. The number of amides is 2. The Balaban J connectivity index is 2.11. The van der Waals surface area contributed by atoms with Gasteiger partial charge in [0.05, 0.1) is 21.2 Å². The average molecular weight is 624 g/mol. The summed E-state index contributed by atoms with van der Waals surface area (Å²) >= 11 is 6.27. The van der Waals surface area contributed by atoms with Crippen LogP contribution in [0.25, 0.3) is 0 Å². The molecule has 0 saturated heterocycles. The first-order valence-electron chi connectivity index (χ1n) is 13.2. The highest BCUT2D eigenvalue weighted by Crippen LogP contribution is 2.37. The number of carbonyl (C=O) groups excluding carboxylic acids is 2. The molecule has 12 heteroatoms. The molecule has 0 bridgehead atoms. The van der Waals surface area contributed by atoms with Crippen molar-refractivity contribution in [1.82, 2.24) is 10.2 Å². The van der Waals surface area contributed by atoms with Crippen LogP contribution in [-0.4, -0.2) is 43.8 Å². The van der Waals surface area contributed by atoms with Gasteiger partial charge in [-0.3, -0.25) is 13.9 Å². The monoisotopic (exact) mass is 623 g/mol. The molecule has 0 fully saturated rings. The van der Waals surface area contributed by atoms with Gasteiger partial charge in [0.1, 0.15) is 12.6 Å². The standard InChI is InChI=1S/C30H33ClF3N3O4S/c1-5-21(3)35-29(39)22(4)36(18-23-13-11-20(2)12-14-23)28(38)19-37(42(40,41)25-9-7-6-8-10-25)27-17-24(30(32,33)34)15-16-26(27)31/h6-17,21-22H,5,18-19H2,1-4H3,(H,35,39)/t21-,22-/m0/s1. The molecule has 1 N–H and O–H groups in total. The third-order valence-electron chi connectivity index (χ3n) is 6.79. The van der Waals surface area contributed by atoms with Crippen LogP contribution < -0.4 is 9.62 Å². The van der Waals surface area contributed by atoms with E-state index in [0.717, 1.165) is 17.7 Å². The molecular formula is C30H33ClF3N3O4S. The van der Waals surface area contributed by atoms with Crippen molar-refractivity contribution in [3.8, 4) is 0 Å². The molecule has 0 aliphatic carbocycles. The summed E-state index contributed by atoms with van der Waals surface area (Å²) in [5.41, 5.74) is -0.0127. The summed E-state index contributed by atoms with van der Waals surface area (Å²) < 4.78 is 69.1. The van der Waals surface area contributed by atoms with Gasteiger partial charge < -0.3 is 10.2 Å². The molecule has 0 radical (unpaired) electrons. The fourth-order valence-electron chi connectivity index (χ4n) is 4.05. The van der Waals surface area contributed by atoms with Crippen molar-refractivity contribution in [2.24, 2.45) is 0 Å². The molecular weight excluding hydrogens is 591 g/mol. The maximum Gasteiger partial charge on any atom is 0.416 e. The summed E-state index contributed by atoms with van der Waals surface area (Å²) in [4.78, 5) is 28.0. The number of aryl methyl sites for hydroxylation is 1. The Bertz CT molecular complexity index is 1500. The van der Waals surface area contributed by atoms with Crippen molar-refractivity contribution in [3.05, 3.63) is 94.5 Å². The lowest BCUT2D eigenvalue weighted by molar-refractivity contribution is -0.139. The van der Waals surface area contributed by atoms with Crippen molar-refractivity contribution < 1.29 is 31.2 Å². The number of halogens is 4. The second kappa shape index (κ2) is 13.6. The van der Waals surface area contributed by atoms with Crippen LogP contribution in [0.4, 0.5) is 18.9 Å². The molecule has 0 saturated carbocycles. The zero-order valence-electron chi connectivity index (χ0n) is 23.7. The largest absolute Gasteiger partial charge is 0.416 e. The molecule has 7 nitrogen and oxygen atoms in total. The van der Waals surface area contributed by atoms with Gasteiger partial charge in [0.15, 0.2) is 0 Å². The third-order valence-corrected chi connectivity index (χ3v) is 8.89. The zero-order valence-corrected chi connectivity index (χ0v) is 25.2. The summed E-state index contributed by atoms with van der Waals surface area (Å²) in [6.07, 6.45) is -4.16. The molecule has 0 aromatic heterocycles. The molecule has 0 heterocycles. The summed E-state index contributed by atoms with van der Waals surface area (Å²) in [7, 11) is -4.58. The van der Waals surface area contributed by atoms with Crippen molar-refractivity contribution in [1.29, 1.82) is 0 Å². The first kappa shape index (κ1) is 32.9. The maximum absolute atomic E-state index is 13.9. The second-order valence-corrected chi connectivity index (χ2v) is 12.3. The van der Waals surface area contributed by atoms with Gasteiger partial charge >= 0.3 is 6.18 Å². The zero-order chi connectivity index (χ0) is 31.2. The molecule has 3 aromatic rings. The number of nitrogens with zero attached hydrogens (tertiary/aromatic N) is 2. The lowest BCUT2D eigenvalue weighted by Gasteiger charge is -2.33. The number of rotatable bonds is 11. The first-order valence-corrected chi connectivity index (χ1v) is 15.1. The predicted molar refractivity (Wildman–Crippen MR) is 157 cm³/mol. The molecule has 2 atom stereocenters. The molecule has 0 aliphatic heterocycles. The summed E-state index contributed by atoms with van der Waals surface area (Å²) in [6.45, 7) is 6.13. The van der Waals surface area contributed by atoms with E-state index in [4.69, 9.17) is 11.6 Å². The second-order valence-electron chi connectivity index (χ2n) is 9.99. The van der Waals surface area contributed by atoms with E-state index in [1.54, 1.807) is 25.1 Å². The highest BCUT2D eigenvalue weighted by molar-refractivity contribution is 7.92. The van der Waals surface area contributed by atoms with Gasteiger partial charge in [-0.1, -0.05) is 66.6 Å². The van der Waals surface area contributed by atoms with Gasteiger partial charge in [0.2, 0.25) is 11.8 Å². The predicted octanol–water partition coefficient (Wildman–Crippen LogP) is 6.19. The van der Waals surface area contributed by atoms with Gasteiger partial charge in [-0.15, -0.1) is 0 Å². The van der Waals surface area contributed by atoms with Crippen LogP contribution in [0.5, 0.6) is 0 Å². The van der Waals surface area contributed by atoms with Crippen LogP contribution in [0.15, 0.2) is 77.7 Å². The van der Waals surface area contributed by atoms with Crippen LogP contribution in [-0.2, 0) is 32.3 Å². The Morgan fingerprint density at radius 2 is 1.60 bits per heavy atom. The van der Waals surface area contributed by atoms with Gasteiger partial charge in [0, 0.05) is 12.6 Å². The van der Waals surface area contributed by atoms with Crippen LogP contribution in [0.3, 0.4) is 0 Å². The quantitative estimate of drug-likeness (QED) is 0.276. The molecule has 3 rings (SSSR count). The third kappa shape index (κ3) is 8.04. The Morgan fingerprint density at radius 1 is 0.976 bits per heavy atom. The summed E-state index contributed by atoms with van der Waals surface area (Å²) in [5.74, 6) is -1.27. The lowest BCUT2D eigenvalue weighted by Crippen LogP contribution is -2.52. The number of hydrogen-bond acceptors (Lipinski definition) is 4. The number of hydrogen-bond donors (Lipinski definition) is 1. The molecule has 0 unspecified atom stereocenters. The number of carbonyl (C=O) groups is 2. The Kier molecular flexibility index (Phi) is 10.7. The van der Waals surface area contributed by atoms with Crippen LogP contribution >= 0.6 is 11.6 Å². The average Bonchev–Trinajstić information content (AvgIpc) is 2.95. The van der Waals surface area contributed by atoms with Gasteiger partial charge in [-0.25, -0.2) is 8.42 Å². The minimum atomic E-state index is -4.80. The number of anilines is 1. The van der Waals surface area contributed by atoms with Crippen molar-refractivity contribution in [2.75, 3.05) is 10.8 Å².